The Morgan fingerprint density at radius 2 is 1.34 bits per heavy atom. The Bertz CT molecular complexity index is 3140. The largest absolute Gasteiger partial charge is 0.455 e. The van der Waals surface area contributed by atoms with Gasteiger partial charge in [-0.1, -0.05) is 154 Å². The number of nitrogens with zero attached hydrogens (tertiary/aromatic N) is 3. The second-order valence-electron chi connectivity index (χ2n) is 15.8. The van der Waals surface area contributed by atoms with Gasteiger partial charge < -0.3 is 8.98 Å². The van der Waals surface area contributed by atoms with Crippen molar-refractivity contribution in [2.75, 3.05) is 0 Å². The number of para-hydroxylation sites is 2. The van der Waals surface area contributed by atoms with Crippen molar-refractivity contribution in [1.29, 1.82) is 0 Å². The second kappa shape index (κ2) is 12.4. The lowest BCUT2D eigenvalue weighted by atomic mass is 9.80. The lowest BCUT2D eigenvalue weighted by molar-refractivity contribution is 0.657. The van der Waals surface area contributed by atoms with Gasteiger partial charge in [0.25, 0.3) is 0 Å². The van der Waals surface area contributed by atoms with E-state index in [1.54, 1.807) is 0 Å². The highest BCUT2D eigenvalue weighted by Crippen LogP contribution is 2.56. The molecule has 4 heteroatoms. The molecule has 56 heavy (non-hydrogen) atoms. The molecule has 7 aromatic carbocycles. The molecule has 0 spiro atoms. The van der Waals surface area contributed by atoms with E-state index < -0.39 is 0 Å². The summed E-state index contributed by atoms with van der Waals surface area (Å²) < 4.78 is 9.08. The Kier molecular flexibility index (Phi) is 7.21. The Hall–Kier alpha value is -6.78. The molecule has 4 nitrogen and oxygen atoms in total. The van der Waals surface area contributed by atoms with Gasteiger partial charge in [0.2, 0.25) is 0 Å². The Morgan fingerprint density at radius 1 is 0.625 bits per heavy atom. The number of benzene rings is 7. The lowest BCUT2D eigenvalue weighted by Crippen LogP contribution is -2.17. The van der Waals surface area contributed by atoms with Gasteiger partial charge in [0, 0.05) is 49.7 Å². The summed E-state index contributed by atoms with van der Waals surface area (Å²) in [7, 11) is 0. The first-order valence-corrected chi connectivity index (χ1v) is 19.6. The highest BCUT2D eigenvalue weighted by molar-refractivity contribution is 6.18. The van der Waals surface area contributed by atoms with E-state index in [0.29, 0.717) is 5.84 Å². The summed E-state index contributed by atoms with van der Waals surface area (Å²) >= 11 is 0. The minimum atomic E-state index is -0.249. The van der Waals surface area contributed by atoms with E-state index in [4.69, 9.17) is 14.4 Å². The van der Waals surface area contributed by atoms with Crippen LogP contribution in [0.15, 0.2) is 178 Å². The molecule has 0 amide bonds. The van der Waals surface area contributed by atoms with Crippen LogP contribution < -0.4 is 0 Å². The summed E-state index contributed by atoms with van der Waals surface area (Å²) in [4.78, 5) is 10.8. The molecule has 1 aliphatic carbocycles. The fraction of sp³-hybridized carbons (Fsp3) is 0.115. The van der Waals surface area contributed by atoms with E-state index in [1.165, 1.54) is 44.1 Å². The molecule has 0 radical (unpaired) electrons. The molecule has 0 saturated carbocycles. The predicted molar refractivity (Wildman–Crippen MR) is 233 cm³/mol. The molecule has 3 heterocycles. The van der Waals surface area contributed by atoms with Gasteiger partial charge in [0.1, 0.15) is 11.2 Å². The first-order chi connectivity index (χ1) is 27.5. The number of aliphatic imine (C=N–C) groups is 2. The minimum absolute atomic E-state index is 0.206. The number of aromatic nitrogens is 1. The van der Waals surface area contributed by atoms with Gasteiger partial charge in [-0.3, -0.25) is 0 Å². The third-order valence-corrected chi connectivity index (χ3v) is 12.0. The van der Waals surface area contributed by atoms with Crippen molar-refractivity contribution in [3.8, 4) is 16.8 Å². The van der Waals surface area contributed by atoms with Gasteiger partial charge in [-0.25, -0.2) is 9.98 Å². The van der Waals surface area contributed by atoms with Gasteiger partial charge in [-0.2, -0.15) is 0 Å². The summed E-state index contributed by atoms with van der Waals surface area (Å²) in [5.74, 6) is 0.915. The number of hydrogen-bond acceptors (Lipinski definition) is 3. The lowest BCUT2D eigenvalue weighted by Gasteiger charge is -2.22. The number of fused-ring (bicyclic) bond motifs is 11. The summed E-state index contributed by atoms with van der Waals surface area (Å²) in [5, 5.41) is 4.84. The Labute approximate surface area is 325 Å². The monoisotopic (exact) mass is 721 g/mol. The molecule has 1 atom stereocenters. The molecule has 0 fully saturated rings. The zero-order chi connectivity index (χ0) is 37.5. The molecule has 2 aromatic heterocycles. The van der Waals surface area contributed by atoms with E-state index in [-0.39, 0.29) is 11.3 Å². The average Bonchev–Trinajstić information content (AvgIpc) is 3.86. The quantitative estimate of drug-likeness (QED) is 0.178. The van der Waals surface area contributed by atoms with Crippen molar-refractivity contribution in [2.45, 2.75) is 32.6 Å². The second-order valence-corrected chi connectivity index (χ2v) is 15.8. The first-order valence-electron chi connectivity index (χ1n) is 19.6. The van der Waals surface area contributed by atoms with Crippen LogP contribution >= 0.6 is 0 Å². The van der Waals surface area contributed by atoms with E-state index in [1.807, 2.05) is 6.07 Å². The molecule has 0 N–H and O–H groups in total. The van der Waals surface area contributed by atoms with Crippen molar-refractivity contribution in [2.24, 2.45) is 15.9 Å². The topological polar surface area (TPSA) is 42.8 Å². The SMILES string of the molecule is CC1C/C=C(\c2ccccc2)N=C(c2cccc(-n3c4ccccc4c4c5c(ccc43)-c3c(ccc4c3oc3ccccc34)C5(C)C)c2)N=C1c1ccccc1. The molecule has 0 saturated heterocycles. The van der Waals surface area contributed by atoms with Gasteiger partial charge in [0.05, 0.1) is 22.4 Å². The van der Waals surface area contributed by atoms with Crippen LogP contribution in [-0.2, 0) is 5.41 Å². The molecule has 268 valence electrons. The average molecular weight is 722 g/mol. The minimum Gasteiger partial charge on any atom is -0.455 e. The number of amidine groups is 1. The maximum absolute atomic E-state index is 6.65. The molecular weight excluding hydrogens is 683 g/mol. The molecule has 0 bridgehead atoms. The standard InChI is InChI=1S/C52H39N3O/c1-32-25-29-42(33-15-6-4-7-16-33)53-51(54-49(32)34-17-8-5-9-18-34)35-19-14-20-36(31-35)55-43-23-12-10-22-39(43)47-44(55)30-27-40-46-41(52(2,3)48(40)47)28-26-38-37-21-11-13-24-45(37)56-50(38)46/h4-24,26-32H,25H2,1-3H3/b42-29+,53-51?,54-49?. The zero-order valence-electron chi connectivity index (χ0n) is 31.6. The summed E-state index contributed by atoms with van der Waals surface area (Å²) in [6, 6.07) is 56.2. The Balaban J connectivity index is 1.13. The van der Waals surface area contributed by atoms with E-state index in [0.717, 1.165) is 62.1 Å². The van der Waals surface area contributed by atoms with E-state index in [9.17, 15) is 0 Å². The fourth-order valence-electron chi connectivity index (χ4n) is 9.38. The van der Waals surface area contributed by atoms with Crippen LogP contribution in [0, 0.1) is 5.92 Å². The normalized spacial score (nSPS) is 17.3. The number of rotatable bonds is 4. The maximum atomic E-state index is 6.65. The molecule has 11 rings (SSSR count). The fourth-order valence-corrected chi connectivity index (χ4v) is 9.38. The number of hydrogen-bond donors (Lipinski definition) is 0. The third kappa shape index (κ3) is 4.85. The van der Waals surface area contributed by atoms with Crippen molar-refractivity contribution in [3.05, 3.63) is 192 Å². The van der Waals surface area contributed by atoms with Crippen LogP contribution in [-0.4, -0.2) is 16.1 Å². The van der Waals surface area contributed by atoms with Gasteiger partial charge >= 0.3 is 0 Å². The summed E-state index contributed by atoms with van der Waals surface area (Å²) in [6.07, 6.45) is 3.12. The molecule has 1 aliphatic heterocycles. The van der Waals surface area contributed by atoms with Crippen LogP contribution in [0.2, 0.25) is 0 Å². The van der Waals surface area contributed by atoms with Gasteiger partial charge in [-0.15, -0.1) is 0 Å². The van der Waals surface area contributed by atoms with E-state index >= 15 is 0 Å². The van der Waals surface area contributed by atoms with Crippen LogP contribution in [0.1, 0.15) is 55.0 Å². The van der Waals surface area contributed by atoms with Crippen molar-refractivity contribution >= 4 is 61.0 Å². The highest BCUT2D eigenvalue weighted by Gasteiger charge is 2.40. The van der Waals surface area contributed by atoms with Crippen molar-refractivity contribution < 1.29 is 4.42 Å². The smallest absolute Gasteiger partial charge is 0.160 e. The van der Waals surface area contributed by atoms with Gasteiger partial charge in [0.15, 0.2) is 5.84 Å². The van der Waals surface area contributed by atoms with Crippen LogP contribution in [0.5, 0.6) is 0 Å². The predicted octanol–water partition coefficient (Wildman–Crippen LogP) is 13.3. The maximum Gasteiger partial charge on any atom is 0.160 e. The Morgan fingerprint density at radius 3 is 2.16 bits per heavy atom. The zero-order valence-corrected chi connectivity index (χ0v) is 31.6. The van der Waals surface area contributed by atoms with E-state index in [2.05, 4.69) is 183 Å². The van der Waals surface area contributed by atoms with Crippen molar-refractivity contribution in [1.82, 2.24) is 4.57 Å². The van der Waals surface area contributed by atoms with Crippen LogP contribution in [0.3, 0.4) is 0 Å². The van der Waals surface area contributed by atoms with Crippen molar-refractivity contribution in [3.63, 3.8) is 0 Å². The molecule has 1 unspecified atom stereocenters. The third-order valence-electron chi connectivity index (χ3n) is 12.0. The number of furan rings is 1. The summed E-state index contributed by atoms with van der Waals surface area (Å²) in [5.41, 5.74) is 15.4. The van der Waals surface area contributed by atoms with Gasteiger partial charge in [-0.05, 0) is 64.6 Å². The molecule has 2 aliphatic rings. The van der Waals surface area contributed by atoms with Crippen LogP contribution in [0.25, 0.3) is 66.3 Å². The highest BCUT2D eigenvalue weighted by atomic mass is 16.3. The van der Waals surface area contributed by atoms with Crippen LogP contribution in [0.4, 0.5) is 0 Å². The summed E-state index contributed by atoms with van der Waals surface area (Å²) in [6.45, 7) is 7.00. The molecular formula is C52H39N3O. The first kappa shape index (κ1) is 32.6. The number of allylic oxidation sites excluding steroid dienone is 1. The molecule has 9 aromatic rings.